The van der Waals surface area contributed by atoms with Gasteiger partial charge in [-0.25, -0.2) is 0 Å². The summed E-state index contributed by atoms with van der Waals surface area (Å²) in [5, 5.41) is 11.4. The molecular formula is C23H24BrClN2O4. The van der Waals surface area contributed by atoms with Crippen molar-refractivity contribution in [3.05, 3.63) is 68.7 Å². The Labute approximate surface area is 195 Å². The van der Waals surface area contributed by atoms with Crippen LogP contribution in [0, 0.1) is 0 Å². The van der Waals surface area contributed by atoms with Gasteiger partial charge in [0.2, 0.25) is 0 Å². The number of hydrogen-bond acceptors (Lipinski definition) is 5. The summed E-state index contributed by atoms with van der Waals surface area (Å²) >= 11 is 9.73. The molecule has 0 bridgehead atoms. The summed E-state index contributed by atoms with van der Waals surface area (Å²) in [6, 6.07) is 11.5. The number of halogens is 2. The summed E-state index contributed by atoms with van der Waals surface area (Å²) in [6.45, 7) is 3.21. The molecule has 1 atom stereocenters. The zero-order valence-electron chi connectivity index (χ0n) is 17.6. The molecule has 0 radical (unpaired) electrons. The topological polar surface area (TPSA) is 70.1 Å². The fraction of sp³-hybridized carbons (Fsp3) is 0.304. The molecule has 1 fully saturated rings. The molecule has 0 saturated carbocycles. The van der Waals surface area contributed by atoms with E-state index >= 15 is 0 Å². The van der Waals surface area contributed by atoms with Gasteiger partial charge in [-0.05, 0) is 56.9 Å². The molecule has 31 heavy (non-hydrogen) atoms. The highest BCUT2D eigenvalue weighted by molar-refractivity contribution is 9.10. The fourth-order valence-electron chi connectivity index (χ4n) is 3.52. The molecule has 1 saturated heterocycles. The average Bonchev–Trinajstić information content (AvgIpc) is 2.98. The number of ether oxygens (including phenoxy) is 1. The Morgan fingerprint density at radius 1 is 1.23 bits per heavy atom. The normalized spacial score (nSPS) is 18.1. The van der Waals surface area contributed by atoms with Crippen LogP contribution in [-0.4, -0.2) is 60.4 Å². The number of aliphatic hydroxyl groups excluding tert-OH is 1. The summed E-state index contributed by atoms with van der Waals surface area (Å²) in [5.41, 5.74) is 1.12. The molecule has 0 unspecified atom stereocenters. The molecule has 2 aromatic carbocycles. The maximum absolute atomic E-state index is 13.0. The summed E-state index contributed by atoms with van der Waals surface area (Å²) in [4.78, 5) is 29.3. The van der Waals surface area contributed by atoms with E-state index < -0.39 is 17.7 Å². The SMILES string of the molecule is CCOc1ccc(C(O)=C2C(=O)C(=O)N(CCN(C)C)[C@@H]2c2cccc(Br)c2)cc1Cl. The lowest BCUT2D eigenvalue weighted by molar-refractivity contribution is -0.140. The number of benzene rings is 2. The molecule has 8 heteroatoms. The predicted molar refractivity (Wildman–Crippen MR) is 124 cm³/mol. The first kappa shape index (κ1) is 23.3. The molecule has 2 aromatic rings. The first-order chi connectivity index (χ1) is 14.7. The van der Waals surface area contributed by atoms with Gasteiger partial charge < -0.3 is 19.6 Å². The van der Waals surface area contributed by atoms with Crippen molar-refractivity contribution in [2.75, 3.05) is 33.8 Å². The second-order valence-electron chi connectivity index (χ2n) is 7.43. The van der Waals surface area contributed by atoms with Gasteiger partial charge in [0.05, 0.1) is 23.2 Å². The molecule has 1 N–H and O–H groups in total. The first-order valence-electron chi connectivity index (χ1n) is 9.86. The zero-order chi connectivity index (χ0) is 22.7. The number of likely N-dealkylation sites (tertiary alicyclic amines) is 1. The van der Waals surface area contributed by atoms with Gasteiger partial charge in [-0.2, -0.15) is 0 Å². The molecular weight excluding hydrogens is 484 g/mol. The largest absolute Gasteiger partial charge is 0.507 e. The van der Waals surface area contributed by atoms with E-state index in [0.29, 0.717) is 36.0 Å². The lowest BCUT2D eigenvalue weighted by Gasteiger charge is -2.26. The van der Waals surface area contributed by atoms with Crippen LogP contribution >= 0.6 is 27.5 Å². The van der Waals surface area contributed by atoms with Crippen LogP contribution in [0.3, 0.4) is 0 Å². The summed E-state index contributed by atoms with van der Waals surface area (Å²) < 4.78 is 6.25. The van der Waals surface area contributed by atoms with E-state index in [0.717, 1.165) is 10.0 Å². The molecule has 0 aromatic heterocycles. The van der Waals surface area contributed by atoms with Crippen molar-refractivity contribution in [1.29, 1.82) is 0 Å². The minimum Gasteiger partial charge on any atom is -0.507 e. The van der Waals surface area contributed by atoms with E-state index in [1.807, 2.05) is 50.2 Å². The standard InChI is InChI=1S/C23H24BrClN2O4/c1-4-31-18-9-8-15(13-17(18)25)21(28)19-20(14-6-5-7-16(24)12-14)27(11-10-26(2)3)23(30)22(19)29/h5-9,12-13,20,28H,4,10-11H2,1-3H3/t20-/m1/s1. The van der Waals surface area contributed by atoms with Crippen molar-refractivity contribution in [3.8, 4) is 5.75 Å². The van der Waals surface area contributed by atoms with Gasteiger partial charge in [0.25, 0.3) is 11.7 Å². The Kier molecular flexibility index (Phi) is 7.41. The Morgan fingerprint density at radius 2 is 1.97 bits per heavy atom. The lowest BCUT2D eigenvalue weighted by atomic mass is 9.95. The number of nitrogens with zero attached hydrogens (tertiary/aromatic N) is 2. The summed E-state index contributed by atoms with van der Waals surface area (Å²) in [7, 11) is 3.79. The predicted octanol–water partition coefficient (Wildman–Crippen LogP) is 4.48. The van der Waals surface area contributed by atoms with Gasteiger partial charge in [-0.3, -0.25) is 9.59 Å². The minimum absolute atomic E-state index is 0.0436. The second-order valence-corrected chi connectivity index (χ2v) is 8.75. The van der Waals surface area contributed by atoms with Crippen LogP contribution < -0.4 is 4.74 Å². The average molecular weight is 508 g/mol. The third-order valence-corrected chi connectivity index (χ3v) is 5.79. The van der Waals surface area contributed by atoms with Crippen molar-refractivity contribution in [2.45, 2.75) is 13.0 Å². The van der Waals surface area contributed by atoms with Crippen molar-refractivity contribution < 1.29 is 19.4 Å². The number of amides is 1. The van der Waals surface area contributed by atoms with Gasteiger partial charge in [-0.15, -0.1) is 0 Å². The number of aliphatic hydroxyl groups is 1. The Morgan fingerprint density at radius 3 is 2.58 bits per heavy atom. The van der Waals surface area contributed by atoms with E-state index in [-0.39, 0.29) is 11.3 Å². The lowest BCUT2D eigenvalue weighted by Crippen LogP contribution is -2.35. The number of ketones is 1. The first-order valence-corrected chi connectivity index (χ1v) is 11.0. The van der Waals surface area contributed by atoms with E-state index in [1.54, 1.807) is 12.1 Å². The quantitative estimate of drug-likeness (QED) is 0.340. The van der Waals surface area contributed by atoms with E-state index in [9.17, 15) is 14.7 Å². The number of carbonyl (C=O) groups is 2. The molecule has 0 spiro atoms. The number of Topliss-reactive ketones (excluding diaryl/α,β-unsaturated/α-hetero) is 1. The number of hydrogen-bond donors (Lipinski definition) is 1. The van der Waals surface area contributed by atoms with Gasteiger partial charge in [0, 0.05) is 23.1 Å². The molecule has 164 valence electrons. The number of carbonyl (C=O) groups excluding carboxylic acids is 2. The molecule has 1 amide bonds. The maximum Gasteiger partial charge on any atom is 0.295 e. The van der Waals surface area contributed by atoms with Crippen molar-refractivity contribution in [2.24, 2.45) is 0 Å². The van der Waals surface area contributed by atoms with Gasteiger partial charge in [-0.1, -0.05) is 39.7 Å². The minimum atomic E-state index is -0.716. The highest BCUT2D eigenvalue weighted by Crippen LogP contribution is 2.40. The zero-order valence-corrected chi connectivity index (χ0v) is 19.9. The van der Waals surface area contributed by atoms with Gasteiger partial charge in [0.15, 0.2) is 0 Å². The third-order valence-electron chi connectivity index (χ3n) is 5.00. The van der Waals surface area contributed by atoms with E-state index in [4.69, 9.17) is 16.3 Å². The highest BCUT2D eigenvalue weighted by Gasteiger charge is 2.45. The number of rotatable bonds is 7. The number of likely N-dealkylation sites (N-methyl/N-ethyl adjacent to an activating group) is 1. The Hall–Kier alpha value is -2.35. The van der Waals surface area contributed by atoms with Crippen molar-refractivity contribution >= 4 is 45.0 Å². The van der Waals surface area contributed by atoms with Gasteiger partial charge in [0.1, 0.15) is 11.5 Å². The van der Waals surface area contributed by atoms with Crippen molar-refractivity contribution in [1.82, 2.24) is 9.80 Å². The fourth-order valence-corrected chi connectivity index (χ4v) is 4.17. The Balaban J connectivity index is 2.13. The Bertz CT molecular complexity index is 1040. The monoisotopic (exact) mass is 506 g/mol. The van der Waals surface area contributed by atoms with E-state index in [1.165, 1.54) is 11.0 Å². The molecule has 1 heterocycles. The van der Waals surface area contributed by atoms with Gasteiger partial charge >= 0.3 is 0 Å². The second kappa shape index (κ2) is 9.85. The molecule has 1 aliphatic rings. The van der Waals surface area contributed by atoms with Crippen LogP contribution in [0.4, 0.5) is 0 Å². The van der Waals surface area contributed by atoms with Crippen LogP contribution in [0.5, 0.6) is 5.75 Å². The molecule has 6 nitrogen and oxygen atoms in total. The van der Waals surface area contributed by atoms with Crippen LogP contribution in [0.2, 0.25) is 5.02 Å². The summed E-state index contributed by atoms with van der Waals surface area (Å²) in [5.74, 6) is -1.13. The summed E-state index contributed by atoms with van der Waals surface area (Å²) in [6.07, 6.45) is 0. The van der Waals surface area contributed by atoms with E-state index in [2.05, 4.69) is 15.9 Å². The van der Waals surface area contributed by atoms with Crippen LogP contribution in [0.15, 0.2) is 52.5 Å². The third kappa shape index (κ3) is 4.95. The van der Waals surface area contributed by atoms with Crippen LogP contribution in [0.1, 0.15) is 24.1 Å². The van der Waals surface area contributed by atoms with Crippen LogP contribution in [0.25, 0.3) is 5.76 Å². The smallest absolute Gasteiger partial charge is 0.295 e. The molecule has 0 aliphatic carbocycles. The van der Waals surface area contributed by atoms with Crippen molar-refractivity contribution in [3.63, 3.8) is 0 Å². The van der Waals surface area contributed by atoms with Crippen LogP contribution in [-0.2, 0) is 9.59 Å². The highest BCUT2D eigenvalue weighted by atomic mass is 79.9. The molecule has 3 rings (SSSR count). The molecule has 1 aliphatic heterocycles. The maximum atomic E-state index is 13.0.